The zero-order chi connectivity index (χ0) is 14.0. The van der Waals surface area contributed by atoms with Gasteiger partial charge in [0.15, 0.2) is 0 Å². The van der Waals surface area contributed by atoms with Crippen LogP contribution in [0.15, 0.2) is 24.3 Å². The van der Waals surface area contributed by atoms with Crippen molar-refractivity contribution in [2.24, 2.45) is 11.3 Å². The average molecular weight is 281 g/mol. The number of carbonyl (C=O) groups is 1. The van der Waals surface area contributed by atoms with Gasteiger partial charge in [0.1, 0.15) is 0 Å². The summed E-state index contributed by atoms with van der Waals surface area (Å²) in [5.74, 6) is -0.0248. The van der Waals surface area contributed by atoms with Gasteiger partial charge in [-0.05, 0) is 42.2 Å². The molecule has 2 atom stereocenters. The zero-order valence-electron chi connectivity index (χ0n) is 11.8. The number of ether oxygens (including phenoxy) is 1. The molecule has 0 radical (unpaired) electrons. The molecule has 2 nitrogen and oxygen atoms in total. The first-order valence-electron chi connectivity index (χ1n) is 6.77. The first-order chi connectivity index (χ1) is 8.94. The van der Waals surface area contributed by atoms with E-state index in [1.807, 2.05) is 24.3 Å². The van der Waals surface area contributed by atoms with Gasteiger partial charge >= 0.3 is 5.97 Å². The van der Waals surface area contributed by atoms with E-state index < -0.39 is 0 Å². The number of halogens is 1. The van der Waals surface area contributed by atoms with E-state index in [9.17, 15) is 4.79 Å². The molecule has 0 bridgehead atoms. The van der Waals surface area contributed by atoms with Gasteiger partial charge < -0.3 is 4.74 Å². The van der Waals surface area contributed by atoms with Crippen molar-refractivity contribution >= 4 is 17.6 Å². The molecular weight excluding hydrogens is 260 g/mol. The SMILES string of the molecule is COC(=O)[C@@H]1CCC(C)(C)C[C@@H]1c1ccccc1Cl. The first-order valence-corrected chi connectivity index (χ1v) is 7.15. The molecule has 0 unspecified atom stereocenters. The van der Waals surface area contributed by atoms with E-state index in [1.54, 1.807) is 0 Å². The van der Waals surface area contributed by atoms with Gasteiger partial charge in [-0.15, -0.1) is 0 Å². The molecule has 1 saturated carbocycles. The molecule has 2 rings (SSSR count). The van der Waals surface area contributed by atoms with Crippen LogP contribution in [0.25, 0.3) is 0 Å². The van der Waals surface area contributed by atoms with Crippen molar-refractivity contribution in [2.75, 3.05) is 7.11 Å². The van der Waals surface area contributed by atoms with Crippen LogP contribution >= 0.6 is 11.6 Å². The minimum Gasteiger partial charge on any atom is -0.469 e. The third-order valence-electron chi connectivity index (χ3n) is 4.20. The highest BCUT2D eigenvalue weighted by atomic mass is 35.5. The first kappa shape index (κ1) is 14.4. The maximum atomic E-state index is 12.0. The Balaban J connectivity index is 2.35. The van der Waals surface area contributed by atoms with Gasteiger partial charge in [-0.1, -0.05) is 43.6 Å². The van der Waals surface area contributed by atoms with Crippen LogP contribution in [-0.4, -0.2) is 13.1 Å². The Morgan fingerprint density at radius 2 is 2.05 bits per heavy atom. The van der Waals surface area contributed by atoms with Crippen molar-refractivity contribution in [3.8, 4) is 0 Å². The van der Waals surface area contributed by atoms with Gasteiger partial charge in [0, 0.05) is 5.02 Å². The molecule has 1 aliphatic carbocycles. The van der Waals surface area contributed by atoms with Crippen molar-refractivity contribution in [1.29, 1.82) is 0 Å². The fraction of sp³-hybridized carbons (Fsp3) is 0.562. The fourth-order valence-electron chi connectivity index (χ4n) is 3.12. The van der Waals surface area contributed by atoms with Crippen LogP contribution in [0.5, 0.6) is 0 Å². The monoisotopic (exact) mass is 280 g/mol. The second kappa shape index (κ2) is 5.54. The van der Waals surface area contributed by atoms with Gasteiger partial charge in [-0.2, -0.15) is 0 Å². The van der Waals surface area contributed by atoms with E-state index in [2.05, 4.69) is 13.8 Å². The highest BCUT2D eigenvalue weighted by Crippen LogP contribution is 2.48. The van der Waals surface area contributed by atoms with Gasteiger partial charge in [0.25, 0.3) is 0 Å². The zero-order valence-corrected chi connectivity index (χ0v) is 12.5. The van der Waals surface area contributed by atoms with Crippen LogP contribution in [0.1, 0.15) is 44.6 Å². The Hall–Kier alpha value is -1.02. The lowest BCUT2D eigenvalue weighted by molar-refractivity contribution is -0.148. The average Bonchev–Trinajstić information content (AvgIpc) is 2.37. The Kier molecular flexibility index (Phi) is 4.19. The van der Waals surface area contributed by atoms with Gasteiger partial charge in [0.05, 0.1) is 13.0 Å². The molecule has 1 fully saturated rings. The summed E-state index contributed by atoms with van der Waals surface area (Å²) in [5, 5.41) is 0.749. The number of esters is 1. The van der Waals surface area contributed by atoms with E-state index in [1.165, 1.54) is 7.11 Å². The van der Waals surface area contributed by atoms with Gasteiger partial charge in [-0.3, -0.25) is 4.79 Å². The van der Waals surface area contributed by atoms with E-state index in [0.717, 1.165) is 29.8 Å². The Labute approximate surface area is 120 Å². The quantitative estimate of drug-likeness (QED) is 0.750. The van der Waals surface area contributed by atoms with E-state index in [-0.39, 0.29) is 23.2 Å². The standard InChI is InChI=1S/C16H21ClO2/c1-16(2)9-8-12(15(18)19-3)13(10-16)11-6-4-5-7-14(11)17/h4-7,12-13H,8-10H2,1-3H3/t12-,13-/m1/s1. The Bertz CT molecular complexity index is 468. The minimum atomic E-state index is -0.111. The highest BCUT2D eigenvalue weighted by molar-refractivity contribution is 6.31. The summed E-state index contributed by atoms with van der Waals surface area (Å²) in [7, 11) is 1.46. The maximum absolute atomic E-state index is 12.0. The van der Waals surface area contributed by atoms with Crippen molar-refractivity contribution < 1.29 is 9.53 Å². The summed E-state index contributed by atoms with van der Waals surface area (Å²) in [6.45, 7) is 4.51. The van der Waals surface area contributed by atoms with Crippen LogP contribution in [-0.2, 0) is 9.53 Å². The topological polar surface area (TPSA) is 26.3 Å². The molecule has 0 saturated heterocycles. The fourth-order valence-corrected chi connectivity index (χ4v) is 3.40. The van der Waals surface area contributed by atoms with E-state index >= 15 is 0 Å². The predicted molar refractivity (Wildman–Crippen MR) is 77.3 cm³/mol. The summed E-state index contributed by atoms with van der Waals surface area (Å²) in [6, 6.07) is 7.83. The number of hydrogen-bond donors (Lipinski definition) is 0. The second-order valence-corrected chi connectivity index (χ2v) is 6.57. The van der Waals surface area contributed by atoms with Gasteiger partial charge in [-0.25, -0.2) is 0 Å². The summed E-state index contributed by atoms with van der Waals surface area (Å²) in [4.78, 5) is 12.0. The summed E-state index contributed by atoms with van der Waals surface area (Å²) in [6.07, 6.45) is 2.89. The molecule has 3 heteroatoms. The van der Waals surface area contributed by atoms with Crippen molar-refractivity contribution in [2.45, 2.75) is 39.0 Å². The molecule has 0 spiro atoms. The van der Waals surface area contributed by atoms with Crippen molar-refractivity contribution in [1.82, 2.24) is 0 Å². The molecule has 1 aromatic carbocycles. The van der Waals surface area contributed by atoms with Crippen molar-refractivity contribution in [3.63, 3.8) is 0 Å². The van der Waals surface area contributed by atoms with Crippen LogP contribution in [0.2, 0.25) is 5.02 Å². The smallest absolute Gasteiger partial charge is 0.309 e. The predicted octanol–water partition coefficient (Wildman–Crippen LogP) is 4.42. The second-order valence-electron chi connectivity index (χ2n) is 6.16. The van der Waals surface area contributed by atoms with Crippen LogP contribution < -0.4 is 0 Å². The Morgan fingerprint density at radius 1 is 1.37 bits per heavy atom. The molecule has 1 aromatic rings. The molecule has 104 valence electrons. The number of carbonyl (C=O) groups excluding carboxylic acids is 1. The summed E-state index contributed by atoms with van der Waals surface area (Å²) in [5.41, 5.74) is 1.32. The largest absolute Gasteiger partial charge is 0.469 e. The number of hydrogen-bond acceptors (Lipinski definition) is 2. The molecule has 1 aliphatic rings. The molecule has 0 aromatic heterocycles. The number of rotatable bonds is 2. The third-order valence-corrected chi connectivity index (χ3v) is 4.54. The highest BCUT2D eigenvalue weighted by Gasteiger charge is 2.40. The Morgan fingerprint density at radius 3 is 2.68 bits per heavy atom. The normalized spacial score (nSPS) is 25.9. The van der Waals surface area contributed by atoms with E-state index in [4.69, 9.17) is 16.3 Å². The number of benzene rings is 1. The van der Waals surface area contributed by atoms with Crippen molar-refractivity contribution in [3.05, 3.63) is 34.9 Å². The summed E-state index contributed by atoms with van der Waals surface area (Å²) < 4.78 is 4.97. The maximum Gasteiger partial charge on any atom is 0.309 e. The molecular formula is C16H21ClO2. The van der Waals surface area contributed by atoms with Crippen LogP contribution in [0, 0.1) is 11.3 Å². The third kappa shape index (κ3) is 3.11. The van der Waals surface area contributed by atoms with E-state index in [0.29, 0.717) is 0 Å². The van der Waals surface area contributed by atoms with Crippen LogP contribution in [0.4, 0.5) is 0 Å². The lowest BCUT2D eigenvalue weighted by atomic mass is 9.65. The lowest BCUT2D eigenvalue weighted by Gasteiger charge is -2.40. The minimum absolute atomic E-state index is 0.0714. The molecule has 0 amide bonds. The summed E-state index contributed by atoms with van der Waals surface area (Å²) >= 11 is 6.31. The van der Waals surface area contributed by atoms with Crippen LogP contribution in [0.3, 0.4) is 0 Å². The number of methoxy groups -OCH3 is 1. The molecule has 0 N–H and O–H groups in total. The molecule has 0 heterocycles. The molecule has 0 aliphatic heterocycles. The molecule has 19 heavy (non-hydrogen) atoms. The lowest BCUT2D eigenvalue weighted by Crippen LogP contribution is -2.33. The van der Waals surface area contributed by atoms with Gasteiger partial charge in [0.2, 0.25) is 0 Å².